The first-order valence-electron chi connectivity index (χ1n) is 10.9. The van der Waals surface area contributed by atoms with E-state index in [1.54, 1.807) is 4.90 Å². The van der Waals surface area contributed by atoms with Crippen LogP contribution >= 0.6 is 0 Å². The predicted octanol–water partition coefficient (Wildman–Crippen LogP) is 2.78. The third-order valence-corrected chi connectivity index (χ3v) is 5.44. The molecule has 0 saturated carbocycles. The molecule has 0 spiro atoms. The zero-order chi connectivity index (χ0) is 21.6. The predicted molar refractivity (Wildman–Crippen MR) is 115 cm³/mol. The smallest absolute Gasteiger partial charge is 0.410 e. The molecule has 0 radical (unpaired) electrons. The average Bonchev–Trinajstić information content (AvgIpc) is 2.73. The second kappa shape index (κ2) is 10.3. The van der Waals surface area contributed by atoms with Crippen molar-refractivity contribution in [3.8, 4) is 0 Å². The van der Waals surface area contributed by atoms with Gasteiger partial charge in [0.15, 0.2) is 0 Å². The van der Waals surface area contributed by atoms with Gasteiger partial charge in [0.05, 0.1) is 19.1 Å². The zero-order valence-corrected chi connectivity index (χ0v) is 18.5. The highest BCUT2D eigenvalue weighted by Crippen LogP contribution is 2.20. The quantitative estimate of drug-likeness (QED) is 0.798. The molecule has 166 valence electrons. The molecule has 30 heavy (non-hydrogen) atoms. The number of hydrogen-bond acceptors (Lipinski definition) is 5. The number of likely N-dealkylation sites (tertiary alicyclic amines) is 1. The third-order valence-electron chi connectivity index (χ3n) is 5.44. The molecule has 2 amide bonds. The molecule has 0 aliphatic carbocycles. The van der Waals surface area contributed by atoms with Crippen LogP contribution in [-0.2, 0) is 27.4 Å². The second-order valence-corrected chi connectivity index (χ2v) is 9.19. The zero-order valence-electron chi connectivity index (χ0n) is 18.5. The molecule has 2 aliphatic heterocycles. The first-order valence-corrected chi connectivity index (χ1v) is 10.9. The fourth-order valence-corrected chi connectivity index (χ4v) is 3.80. The van der Waals surface area contributed by atoms with Crippen molar-refractivity contribution in [3.63, 3.8) is 0 Å². The summed E-state index contributed by atoms with van der Waals surface area (Å²) in [6.07, 6.45) is 1.27. The van der Waals surface area contributed by atoms with Gasteiger partial charge in [-0.2, -0.15) is 0 Å². The van der Waals surface area contributed by atoms with Crippen LogP contribution in [0.1, 0.15) is 44.7 Å². The lowest BCUT2D eigenvalue weighted by Crippen LogP contribution is -2.46. The van der Waals surface area contributed by atoms with Crippen LogP contribution in [0.25, 0.3) is 0 Å². The summed E-state index contributed by atoms with van der Waals surface area (Å²) in [6.45, 7) is 11.6. The number of hydrogen-bond donors (Lipinski definition) is 1. The van der Waals surface area contributed by atoms with E-state index in [2.05, 4.69) is 34.5 Å². The molecule has 2 saturated heterocycles. The number of piperidine rings is 1. The Bertz CT molecular complexity index is 708. The van der Waals surface area contributed by atoms with Gasteiger partial charge in [-0.25, -0.2) is 4.79 Å². The molecule has 3 rings (SSSR count). The number of benzene rings is 1. The van der Waals surface area contributed by atoms with Crippen LogP contribution in [0.4, 0.5) is 4.79 Å². The average molecular weight is 418 g/mol. The van der Waals surface area contributed by atoms with E-state index in [4.69, 9.17) is 9.47 Å². The molecular formula is C23H35N3O4. The van der Waals surface area contributed by atoms with Gasteiger partial charge < -0.3 is 19.7 Å². The van der Waals surface area contributed by atoms with Crippen LogP contribution in [-0.4, -0.2) is 66.8 Å². The number of amides is 2. The third kappa shape index (κ3) is 6.99. The molecule has 1 unspecified atom stereocenters. The van der Waals surface area contributed by atoms with E-state index in [1.807, 2.05) is 20.8 Å². The molecule has 1 N–H and O–H groups in total. The summed E-state index contributed by atoms with van der Waals surface area (Å²) in [5, 5.41) is 3.03. The van der Waals surface area contributed by atoms with Crippen molar-refractivity contribution >= 4 is 12.0 Å². The number of nitrogens with one attached hydrogen (secondary N) is 1. The van der Waals surface area contributed by atoms with E-state index >= 15 is 0 Å². The van der Waals surface area contributed by atoms with Crippen LogP contribution in [0.2, 0.25) is 0 Å². The minimum Gasteiger partial charge on any atom is -0.444 e. The molecule has 1 atom stereocenters. The van der Waals surface area contributed by atoms with Gasteiger partial charge in [0.1, 0.15) is 5.60 Å². The fourth-order valence-electron chi connectivity index (χ4n) is 3.80. The van der Waals surface area contributed by atoms with Crippen molar-refractivity contribution in [1.82, 2.24) is 15.1 Å². The van der Waals surface area contributed by atoms with Crippen LogP contribution < -0.4 is 5.32 Å². The SMILES string of the molecule is CC(C)(C)OC(=O)N1CCCC(C(=O)NCc2ccc(CN3CCOCC3)cc2)C1. The topological polar surface area (TPSA) is 71.1 Å². The van der Waals surface area contributed by atoms with Crippen molar-refractivity contribution in [2.24, 2.45) is 5.92 Å². The summed E-state index contributed by atoms with van der Waals surface area (Å²) < 4.78 is 10.8. The van der Waals surface area contributed by atoms with E-state index in [1.165, 1.54) is 5.56 Å². The minimum absolute atomic E-state index is 0.000604. The molecule has 1 aromatic carbocycles. The first-order chi connectivity index (χ1) is 14.3. The summed E-state index contributed by atoms with van der Waals surface area (Å²) in [5.41, 5.74) is 1.82. The number of carbonyl (C=O) groups excluding carboxylic acids is 2. The summed E-state index contributed by atoms with van der Waals surface area (Å²) in [4.78, 5) is 29.0. The Morgan fingerprint density at radius 1 is 1.10 bits per heavy atom. The van der Waals surface area contributed by atoms with Gasteiger partial charge in [-0.05, 0) is 44.7 Å². The molecule has 2 aliphatic rings. The normalized spacial score (nSPS) is 20.6. The highest BCUT2D eigenvalue weighted by Gasteiger charge is 2.30. The largest absolute Gasteiger partial charge is 0.444 e. The molecule has 2 heterocycles. The first kappa shape index (κ1) is 22.6. The van der Waals surface area contributed by atoms with Gasteiger partial charge in [0.2, 0.25) is 5.91 Å². The fraction of sp³-hybridized carbons (Fsp3) is 0.652. The summed E-state index contributed by atoms with van der Waals surface area (Å²) in [5.74, 6) is -0.187. The molecule has 0 aromatic heterocycles. The Kier molecular flexibility index (Phi) is 7.72. The maximum absolute atomic E-state index is 12.6. The Morgan fingerprint density at radius 3 is 2.43 bits per heavy atom. The minimum atomic E-state index is -0.528. The van der Waals surface area contributed by atoms with E-state index in [0.717, 1.165) is 51.3 Å². The van der Waals surface area contributed by atoms with Gasteiger partial charge in [-0.1, -0.05) is 24.3 Å². The summed E-state index contributed by atoms with van der Waals surface area (Å²) >= 11 is 0. The van der Waals surface area contributed by atoms with Gasteiger partial charge in [-0.3, -0.25) is 9.69 Å². The Hall–Kier alpha value is -2.12. The van der Waals surface area contributed by atoms with Crippen molar-refractivity contribution in [2.75, 3.05) is 39.4 Å². The monoisotopic (exact) mass is 417 g/mol. The molecule has 7 nitrogen and oxygen atoms in total. The Morgan fingerprint density at radius 2 is 1.77 bits per heavy atom. The van der Waals surface area contributed by atoms with E-state index in [0.29, 0.717) is 19.6 Å². The van der Waals surface area contributed by atoms with Gasteiger partial charge in [0, 0.05) is 39.3 Å². The molecule has 7 heteroatoms. The number of ether oxygens (including phenoxy) is 2. The van der Waals surface area contributed by atoms with Crippen molar-refractivity contribution in [3.05, 3.63) is 35.4 Å². The van der Waals surface area contributed by atoms with Gasteiger partial charge in [-0.15, -0.1) is 0 Å². The maximum Gasteiger partial charge on any atom is 0.410 e. The van der Waals surface area contributed by atoms with Gasteiger partial charge >= 0.3 is 6.09 Å². The summed E-state index contributed by atoms with van der Waals surface area (Å²) in [7, 11) is 0. The number of nitrogens with zero attached hydrogens (tertiary/aromatic N) is 2. The summed E-state index contributed by atoms with van der Waals surface area (Å²) in [6, 6.07) is 8.40. The van der Waals surface area contributed by atoms with Gasteiger partial charge in [0.25, 0.3) is 0 Å². The lowest BCUT2D eigenvalue weighted by atomic mass is 9.97. The van der Waals surface area contributed by atoms with Crippen molar-refractivity contribution in [1.29, 1.82) is 0 Å². The van der Waals surface area contributed by atoms with Crippen LogP contribution in [0.15, 0.2) is 24.3 Å². The highest BCUT2D eigenvalue weighted by atomic mass is 16.6. The number of morpholine rings is 1. The van der Waals surface area contributed by atoms with E-state index in [9.17, 15) is 9.59 Å². The van der Waals surface area contributed by atoms with Crippen molar-refractivity contribution in [2.45, 2.75) is 52.3 Å². The number of carbonyl (C=O) groups is 2. The lowest BCUT2D eigenvalue weighted by molar-refractivity contribution is -0.126. The van der Waals surface area contributed by atoms with Crippen LogP contribution in [0, 0.1) is 5.92 Å². The molecular weight excluding hydrogens is 382 g/mol. The lowest BCUT2D eigenvalue weighted by Gasteiger charge is -2.33. The van der Waals surface area contributed by atoms with E-state index in [-0.39, 0.29) is 17.9 Å². The van der Waals surface area contributed by atoms with Crippen LogP contribution in [0.5, 0.6) is 0 Å². The van der Waals surface area contributed by atoms with E-state index < -0.39 is 5.60 Å². The Balaban J connectivity index is 1.44. The molecule has 2 fully saturated rings. The Labute approximate surface area is 179 Å². The number of rotatable bonds is 5. The van der Waals surface area contributed by atoms with Crippen molar-refractivity contribution < 1.29 is 19.1 Å². The van der Waals surface area contributed by atoms with Crippen LogP contribution in [0.3, 0.4) is 0 Å². The second-order valence-electron chi connectivity index (χ2n) is 9.19. The standard InChI is InChI=1S/C23H35N3O4/c1-23(2,3)30-22(28)26-10-4-5-20(17-26)21(27)24-15-18-6-8-19(9-7-18)16-25-11-13-29-14-12-25/h6-9,20H,4-5,10-17H2,1-3H3,(H,24,27). The maximum atomic E-state index is 12.6. The highest BCUT2D eigenvalue weighted by molar-refractivity contribution is 5.80. The molecule has 0 bridgehead atoms. The molecule has 1 aromatic rings.